The Balaban J connectivity index is 0.000000234. The predicted molar refractivity (Wildman–Crippen MR) is 126 cm³/mol. The molecule has 6 bridgehead atoms. The van der Waals surface area contributed by atoms with Gasteiger partial charge in [0, 0.05) is 0 Å². The second-order valence-corrected chi connectivity index (χ2v) is 12.7. The average Bonchev–Trinajstić information content (AvgIpc) is 3.39. The molecule has 0 aromatic rings. The van der Waals surface area contributed by atoms with Crippen molar-refractivity contribution in [2.45, 2.75) is 104 Å². The fourth-order valence-electron chi connectivity index (χ4n) is 8.35. The minimum absolute atomic E-state index is 0.119. The van der Waals surface area contributed by atoms with E-state index in [0.717, 1.165) is 30.6 Å². The standard InChI is InChI=1S/C21H32O2.C7H14O2/c1-12(2)21(17-7-14-5-15(9-17)10-18(21)8-14)23-20(22)19-11-13-3-4-16(19)6-13;1-5-7(2,3)6(8)9-4/h12-19H,3-11H2,1-2H3;5H2,1-4H3. The Labute approximate surface area is 195 Å². The Hall–Kier alpha value is -1.06. The number of hydrogen-bond donors (Lipinski definition) is 0. The highest BCUT2D eigenvalue weighted by Crippen LogP contribution is 2.62. The van der Waals surface area contributed by atoms with Gasteiger partial charge in [-0.15, -0.1) is 0 Å². The Morgan fingerprint density at radius 1 is 0.906 bits per heavy atom. The van der Waals surface area contributed by atoms with Gasteiger partial charge in [-0.3, -0.25) is 9.59 Å². The molecule has 32 heavy (non-hydrogen) atoms. The lowest BCUT2D eigenvalue weighted by Gasteiger charge is -2.62. The van der Waals surface area contributed by atoms with Crippen LogP contribution in [0.5, 0.6) is 0 Å². The van der Waals surface area contributed by atoms with E-state index in [1.54, 1.807) is 0 Å². The largest absolute Gasteiger partial charge is 0.469 e. The van der Waals surface area contributed by atoms with E-state index in [2.05, 4.69) is 18.6 Å². The summed E-state index contributed by atoms with van der Waals surface area (Å²) in [7, 11) is 1.42. The number of methoxy groups -OCH3 is 1. The first kappa shape index (κ1) is 24.1. The van der Waals surface area contributed by atoms with Gasteiger partial charge >= 0.3 is 11.9 Å². The summed E-state index contributed by atoms with van der Waals surface area (Å²) in [6.45, 7) is 10.3. The van der Waals surface area contributed by atoms with Gasteiger partial charge in [-0.2, -0.15) is 0 Å². The zero-order valence-electron chi connectivity index (χ0n) is 21.3. The zero-order valence-corrected chi connectivity index (χ0v) is 21.3. The van der Waals surface area contributed by atoms with Crippen molar-refractivity contribution >= 4 is 11.9 Å². The third kappa shape index (κ3) is 4.13. The van der Waals surface area contributed by atoms with Crippen LogP contribution in [0.25, 0.3) is 0 Å². The molecule has 6 saturated carbocycles. The van der Waals surface area contributed by atoms with Crippen LogP contribution in [0.3, 0.4) is 0 Å². The molecule has 0 aromatic heterocycles. The second kappa shape index (κ2) is 8.95. The molecule has 0 aliphatic heterocycles. The van der Waals surface area contributed by atoms with Crippen LogP contribution < -0.4 is 0 Å². The molecule has 3 unspecified atom stereocenters. The van der Waals surface area contributed by atoms with E-state index in [1.165, 1.54) is 58.5 Å². The predicted octanol–water partition coefficient (Wildman–Crippen LogP) is 6.41. The number of hydrogen-bond acceptors (Lipinski definition) is 4. The van der Waals surface area contributed by atoms with E-state index in [1.807, 2.05) is 20.8 Å². The van der Waals surface area contributed by atoms with Gasteiger partial charge in [0.05, 0.1) is 18.4 Å². The molecule has 0 heterocycles. The third-order valence-corrected chi connectivity index (χ3v) is 10.3. The Kier molecular flexibility index (Phi) is 6.73. The van der Waals surface area contributed by atoms with Crippen LogP contribution >= 0.6 is 0 Å². The summed E-state index contributed by atoms with van der Waals surface area (Å²) < 4.78 is 11.1. The Morgan fingerprint density at radius 2 is 1.50 bits per heavy atom. The molecular weight excluding hydrogens is 400 g/mol. The van der Waals surface area contributed by atoms with E-state index >= 15 is 0 Å². The van der Waals surface area contributed by atoms with Gasteiger partial charge in [-0.1, -0.05) is 27.2 Å². The molecule has 182 valence electrons. The van der Waals surface area contributed by atoms with E-state index in [9.17, 15) is 9.59 Å². The smallest absolute Gasteiger partial charge is 0.311 e. The van der Waals surface area contributed by atoms with Gasteiger partial charge in [0.15, 0.2) is 0 Å². The van der Waals surface area contributed by atoms with Crippen LogP contribution in [-0.4, -0.2) is 24.6 Å². The van der Waals surface area contributed by atoms with Crippen molar-refractivity contribution in [3.63, 3.8) is 0 Å². The molecule has 0 aromatic carbocycles. The van der Waals surface area contributed by atoms with E-state index in [4.69, 9.17) is 4.74 Å². The highest BCUT2D eigenvalue weighted by atomic mass is 16.6. The van der Waals surface area contributed by atoms with E-state index in [-0.39, 0.29) is 28.9 Å². The number of rotatable bonds is 5. The second-order valence-electron chi connectivity index (χ2n) is 12.7. The maximum atomic E-state index is 13.1. The topological polar surface area (TPSA) is 52.6 Å². The Morgan fingerprint density at radius 3 is 1.88 bits per heavy atom. The minimum atomic E-state index is -0.311. The van der Waals surface area contributed by atoms with Gasteiger partial charge in [0.1, 0.15) is 5.60 Å². The maximum absolute atomic E-state index is 13.1. The molecule has 0 N–H and O–H groups in total. The lowest BCUT2D eigenvalue weighted by molar-refractivity contribution is -0.229. The van der Waals surface area contributed by atoms with Crippen molar-refractivity contribution in [2.24, 2.45) is 52.8 Å². The van der Waals surface area contributed by atoms with Gasteiger partial charge in [-0.05, 0) is 113 Å². The fourth-order valence-corrected chi connectivity index (χ4v) is 8.35. The van der Waals surface area contributed by atoms with Crippen LogP contribution in [0.1, 0.15) is 98.8 Å². The quantitative estimate of drug-likeness (QED) is 0.458. The highest BCUT2D eigenvalue weighted by Gasteiger charge is 2.61. The van der Waals surface area contributed by atoms with Gasteiger partial charge in [0.25, 0.3) is 0 Å². The molecule has 6 aliphatic rings. The normalized spacial score (nSPS) is 41.4. The summed E-state index contributed by atoms with van der Waals surface area (Å²) in [4.78, 5) is 24.0. The van der Waals surface area contributed by atoms with Crippen LogP contribution in [0.4, 0.5) is 0 Å². The lowest BCUT2D eigenvalue weighted by atomic mass is 9.47. The summed E-state index contributed by atoms with van der Waals surface area (Å²) in [5, 5.41) is 0. The van der Waals surface area contributed by atoms with Crippen molar-refractivity contribution in [3.8, 4) is 0 Å². The van der Waals surface area contributed by atoms with Crippen LogP contribution in [0.2, 0.25) is 0 Å². The molecule has 6 fully saturated rings. The van der Waals surface area contributed by atoms with Crippen molar-refractivity contribution in [3.05, 3.63) is 0 Å². The number of ether oxygens (including phenoxy) is 2. The molecule has 6 rings (SSSR count). The molecule has 3 atom stereocenters. The highest BCUT2D eigenvalue weighted by molar-refractivity contribution is 5.75. The molecule has 0 radical (unpaired) electrons. The number of carbonyl (C=O) groups excluding carboxylic acids is 2. The summed E-state index contributed by atoms with van der Waals surface area (Å²) >= 11 is 0. The van der Waals surface area contributed by atoms with Gasteiger partial charge < -0.3 is 9.47 Å². The lowest BCUT2D eigenvalue weighted by Crippen LogP contribution is -2.62. The van der Waals surface area contributed by atoms with Crippen molar-refractivity contribution in [1.29, 1.82) is 0 Å². The number of esters is 2. The zero-order chi connectivity index (χ0) is 23.3. The molecule has 4 heteroatoms. The molecule has 0 amide bonds. The molecule has 4 nitrogen and oxygen atoms in total. The van der Waals surface area contributed by atoms with Gasteiger partial charge in [0.2, 0.25) is 0 Å². The molecule has 0 spiro atoms. The van der Waals surface area contributed by atoms with E-state index < -0.39 is 0 Å². The number of fused-ring (bicyclic) bond motifs is 2. The first-order valence-electron chi connectivity index (χ1n) is 13.4. The summed E-state index contributed by atoms with van der Waals surface area (Å²) in [5.41, 5.74) is -0.429. The molecule has 0 saturated heterocycles. The first-order valence-corrected chi connectivity index (χ1v) is 13.4. The van der Waals surface area contributed by atoms with E-state index in [0.29, 0.717) is 23.7 Å². The van der Waals surface area contributed by atoms with Crippen molar-refractivity contribution in [1.82, 2.24) is 0 Å². The molecular formula is C28H46O4. The summed E-state index contributed by atoms with van der Waals surface area (Å²) in [6.07, 6.45) is 12.6. The van der Waals surface area contributed by atoms with Crippen molar-refractivity contribution < 1.29 is 19.1 Å². The SMILES string of the molecule is CC(C)C1(OC(=O)C2CC3CCC2C3)C2CC3CC(C2)CC1C3.CCC(C)(C)C(=O)OC. The van der Waals surface area contributed by atoms with Crippen LogP contribution in [0, 0.1) is 52.8 Å². The van der Waals surface area contributed by atoms with Crippen LogP contribution in [0.15, 0.2) is 0 Å². The average molecular weight is 447 g/mol. The summed E-state index contributed by atoms with van der Waals surface area (Å²) in [6, 6.07) is 0. The first-order chi connectivity index (χ1) is 15.1. The van der Waals surface area contributed by atoms with Crippen molar-refractivity contribution in [2.75, 3.05) is 7.11 Å². The Bertz CT molecular complexity index is 680. The van der Waals surface area contributed by atoms with Crippen LogP contribution in [-0.2, 0) is 19.1 Å². The fraction of sp³-hybridized carbons (Fsp3) is 0.929. The maximum Gasteiger partial charge on any atom is 0.311 e. The van der Waals surface area contributed by atoms with Gasteiger partial charge in [-0.25, -0.2) is 0 Å². The monoisotopic (exact) mass is 446 g/mol. The third-order valence-electron chi connectivity index (χ3n) is 10.3. The number of carbonyl (C=O) groups is 2. The minimum Gasteiger partial charge on any atom is -0.469 e. The molecule has 6 aliphatic carbocycles. The summed E-state index contributed by atoms with van der Waals surface area (Å²) in [5.74, 6) is 5.42.